The van der Waals surface area contributed by atoms with E-state index in [-0.39, 0.29) is 36.8 Å². The molecular weight excluding hydrogens is 301 g/mol. The van der Waals surface area contributed by atoms with Crippen molar-refractivity contribution < 1.29 is 9.53 Å². The standard InChI is InChI=1S/C13H21N3O2.2ClH/c1-3-12(11-4-6-14-7-5-11)16-13(17)10-15-8-9-18-2;;/h4-7,12,15H,3,8-10H2,1-2H3,(H,16,17);2*1H. The van der Waals surface area contributed by atoms with Gasteiger partial charge in [-0.1, -0.05) is 6.92 Å². The van der Waals surface area contributed by atoms with Crippen LogP contribution in [0.2, 0.25) is 0 Å². The first-order valence-corrected chi connectivity index (χ1v) is 6.16. The Labute approximate surface area is 132 Å². The van der Waals surface area contributed by atoms with Gasteiger partial charge in [-0.3, -0.25) is 9.78 Å². The Balaban J connectivity index is 0. The number of carbonyl (C=O) groups is 1. The number of aromatic nitrogens is 1. The van der Waals surface area contributed by atoms with E-state index >= 15 is 0 Å². The highest BCUT2D eigenvalue weighted by Crippen LogP contribution is 2.14. The molecule has 1 aromatic heterocycles. The molecule has 1 unspecified atom stereocenters. The van der Waals surface area contributed by atoms with Crippen LogP contribution in [0.25, 0.3) is 0 Å². The van der Waals surface area contributed by atoms with E-state index in [0.717, 1.165) is 12.0 Å². The van der Waals surface area contributed by atoms with Crippen LogP contribution in [0.5, 0.6) is 0 Å². The lowest BCUT2D eigenvalue weighted by Crippen LogP contribution is -2.37. The van der Waals surface area contributed by atoms with Crippen molar-refractivity contribution in [1.29, 1.82) is 0 Å². The Morgan fingerprint density at radius 1 is 1.35 bits per heavy atom. The zero-order chi connectivity index (χ0) is 13.2. The third kappa shape index (κ3) is 8.32. The smallest absolute Gasteiger partial charge is 0.234 e. The molecule has 0 aliphatic carbocycles. The quantitative estimate of drug-likeness (QED) is 0.715. The van der Waals surface area contributed by atoms with E-state index in [2.05, 4.69) is 15.6 Å². The van der Waals surface area contributed by atoms with E-state index in [0.29, 0.717) is 19.7 Å². The van der Waals surface area contributed by atoms with Crippen molar-refractivity contribution >= 4 is 30.7 Å². The van der Waals surface area contributed by atoms with Gasteiger partial charge in [-0.2, -0.15) is 0 Å². The number of nitrogens with one attached hydrogen (secondary N) is 2. The molecule has 0 saturated carbocycles. The normalized spacial score (nSPS) is 10.9. The van der Waals surface area contributed by atoms with E-state index in [9.17, 15) is 4.79 Å². The van der Waals surface area contributed by atoms with Crippen molar-refractivity contribution in [3.05, 3.63) is 30.1 Å². The fraction of sp³-hybridized carbons (Fsp3) is 0.538. The minimum atomic E-state index is -0.00485. The maximum atomic E-state index is 11.7. The summed E-state index contributed by atoms with van der Waals surface area (Å²) >= 11 is 0. The molecule has 0 bridgehead atoms. The Morgan fingerprint density at radius 3 is 2.55 bits per heavy atom. The summed E-state index contributed by atoms with van der Waals surface area (Å²) in [6.45, 7) is 3.64. The van der Waals surface area contributed by atoms with Crippen molar-refractivity contribution in [3.8, 4) is 0 Å². The van der Waals surface area contributed by atoms with Crippen LogP contribution >= 0.6 is 24.8 Å². The van der Waals surface area contributed by atoms with E-state index in [1.807, 2.05) is 19.1 Å². The molecule has 0 aromatic carbocycles. The molecule has 2 N–H and O–H groups in total. The molecule has 5 nitrogen and oxygen atoms in total. The Morgan fingerprint density at radius 2 is 2.00 bits per heavy atom. The number of rotatable bonds is 8. The monoisotopic (exact) mass is 323 g/mol. The minimum absolute atomic E-state index is 0. The Kier molecular flexibility index (Phi) is 14.1. The predicted molar refractivity (Wildman–Crippen MR) is 84.7 cm³/mol. The molecule has 0 radical (unpaired) electrons. The summed E-state index contributed by atoms with van der Waals surface area (Å²) in [5.41, 5.74) is 1.08. The van der Waals surface area contributed by atoms with Gasteiger partial charge in [0.25, 0.3) is 0 Å². The second-order valence-corrected chi connectivity index (χ2v) is 3.98. The number of ether oxygens (including phenoxy) is 1. The summed E-state index contributed by atoms with van der Waals surface area (Å²) in [5.74, 6) is -0.00485. The van der Waals surface area contributed by atoms with Gasteiger partial charge in [0, 0.05) is 26.0 Å². The van der Waals surface area contributed by atoms with Gasteiger partial charge in [-0.05, 0) is 24.1 Å². The lowest BCUT2D eigenvalue weighted by Gasteiger charge is -2.17. The number of amides is 1. The lowest BCUT2D eigenvalue weighted by molar-refractivity contribution is -0.121. The fourth-order valence-electron chi connectivity index (χ4n) is 1.64. The summed E-state index contributed by atoms with van der Waals surface area (Å²) in [6.07, 6.45) is 4.33. The second kappa shape index (κ2) is 13.1. The number of hydrogen-bond donors (Lipinski definition) is 2. The maximum Gasteiger partial charge on any atom is 0.234 e. The molecule has 20 heavy (non-hydrogen) atoms. The van der Waals surface area contributed by atoms with Crippen molar-refractivity contribution in [2.24, 2.45) is 0 Å². The molecule has 1 rings (SSSR count). The molecule has 1 heterocycles. The average Bonchev–Trinajstić information content (AvgIpc) is 2.42. The van der Waals surface area contributed by atoms with Gasteiger partial charge < -0.3 is 15.4 Å². The molecule has 1 atom stereocenters. The first-order valence-electron chi connectivity index (χ1n) is 6.16. The first-order chi connectivity index (χ1) is 8.77. The van der Waals surface area contributed by atoms with Crippen LogP contribution < -0.4 is 10.6 Å². The molecular formula is C13H23Cl2N3O2. The highest BCUT2D eigenvalue weighted by atomic mass is 35.5. The summed E-state index contributed by atoms with van der Waals surface area (Å²) in [5, 5.41) is 6.01. The van der Waals surface area contributed by atoms with Crippen LogP contribution in [-0.2, 0) is 9.53 Å². The van der Waals surface area contributed by atoms with Gasteiger partial charge in [-0.25, -0.2) is 0 Å². The van der Waals surface area contributed by atoms with Crippen LogP contribution in [0.3, 0.4) is 0 Å². The van der Waals surface area contributed by atoms with E-state index < -0.39 is 0 Å². The van der Waals surface area contributed by atoms with Crippen molar-refractivity contribution in [2.75, 3.05) is 26.8 Å². The Hall–Kier alpha value is -0.880. The summed E-state index contributed by atoms with van der Waals surface area (Å²) in [4.78, 5) is 15.7. The SMILES string of the molecule is CCC(NC(=O)CNCCOC)c1ccncc1.Cl.Cl. The molecule has 0 spiro atoms. The van der Waals surface area contributed by atoms with Crippen LogP contribution in [0.4, 0.5) is 0 Å². The average molecular weight is 324 g/mol. The third-order valence-corrected chi connectivity index (χ3v) is 2.62. The molecule has 0 saturated heterocycles. The van der Waals surface area contributed by atoms with Crippen LogP contribution in [-0.4, -0.2) is 37.7 Å². The molecule has 7 heteroatoms. The zero-order valence-electron chi connectivity index (χ0n) is 11.8. The molecule has 0 aliphatic rings. The summed E-state index contributed by atoms with van der Waals surface area (Å²) < 4.78 is 4.89. The lowest BCUT2D eigenvalue weighted by atomic mass is 10.1. The molecule has 0 aliphatic heterocycles. The molecule has 0 fully saturated rings. The highest BCUT2D eigenvalue weighted by molar-refractivity contribution is 5.85. The summed E-state index contributed by atoms with van der Waals surface area (Å²) in [7, 11) is 1.64. The number of halogens is 2. The van der Waals surface area contributed by atoms with Gasteiger partial charge in [0.2, 0.25) is 5.91 Å². The maximum absolute atomic E-state index is 11.7. The number of nitrogens with zero attached hydrogens (tertiary/aromatic N) is 1. The third-order valence-electron chi connectivity index (χ3n) is 2.62. The highest BCUT2D eigenvalue weighted by Gasteiger charge is 2.11. The number of methoxy groups -OCH3 is 1. The predicted octanol–water partition coefficient (Wildman–Crippen LogP) is 1.73. The minimum Gasteiger partial charge on any atom is -0.383 e. The van der Waals surface area contributed by atoms with Crippen molar-refractivity contribution in [3.63, 3.8) is 0 Å². The van der Waals surface area contributed by atoms with Gasteiger partial charge in [-0.15, -0.1) is 24.8 Å². The molecule has 1 aromatic rings. The Bertz CT molecular complexity index is 353. The molecule has 1 amide bonds. The molecule has 116 valence electrons. The van der Waals surface area contributed by atoms with E-state index in [1.54, 1.807) is 19.5 Å². The van der Waals surface area contributed by atoms with Crippen molar-refractivity contribution in [2.45, 2.75) is 19.4 Å². The zero-order valence-corrected chi connectivity index (χ0v) is 13.4. The van der Waals surface area contributed by atoms with Gasteiger partial charge >= 0.3 is 0 Å². The largest absolute Gasteiger partial charge is 0.383 e. The number of hydrogen-bond acceptors (Lipinski definition) is 4. The number of pyridine rings is 1. The van der Waals surface area contributed by atoms with Crippen molar-refractivity contribution in [1.82, 2.24) is 15.6 Å². The van der Waals surface area contributed by atoms with Gasteiger partial charge in [0.1, 0.15) is 0 Å². The topological polar surface area (TPSA) is 63.2 Å². The van der Waals surface area contributed by atoms with Gasteiger partial charge in [0.15, 0.2) is 0 Å². The second-order valence-electron chi connectivity index (χ2n) is 3.98. The van der Waals surface area contributed by atoms with Gasteiger partial charge in [0.05, 0.1) is 19.2 Å². The fourth-order valence-corrected chi connectivity index (χ4v) is 1.64. The van der Waals surface area contributed by atoms with E-state index in [4.69, 9.17) is 4.74 Å². The van der Waals surface area contributed by atoms with Crippen LogP contribution in [0.1, 0.15) is 24.9 Å². The van der Waals surface area contributed by atoms with Crippen LogP contribution in [0.15, 0.2) is 24.5 Å². The number of carbonyl (C=O) groups excluding carboxylic acids is 1. The summed E-state index contributed by atoms with van der Waals surface area (Å²) in [6, 6.07) is 3.89. The first kappa shape index (κ1) is 21.4. The van der Waals surface area contributed by atoms with E-state index in [1.165, 1.54) is 0 Å². The van der Waals surface area contributed by atoms with Crippen LogP contribution in [0, 0.1) is 0 Å².